The molecule has 0 amide bonds. The highest BCUT2D eigenvalue weighted by atomic mass is 16.2. The number of hydrogen-bond donors (Lipinski definition) is 2. The summed E-state index contributed by atoms with van der Waals surface area (Å²) in [4.78, 5) is 0. The Labute approximate surface area is 65.4 Å². The van der Waals surface area contributed by atoms with Crippen molar-refractivity contribution in [3.63, 3.8) is 0 Å². The molecule has 0 saturated carbocycles. The van der Waals surface area contributed by atoms with E-state index in [2.05, 4.69) is 20.8 Å². The van der Waals surface area contributed by atoms with Gasteiger partial charge in [-0.25, -0.2) is 0 Å². The monoisotopic (exact) mass is 149 g/mol. The highest BCUT2D eigenvalue weighted by Gasteiger charge is 2.03. The van der Waals surface area contributed by atoms with Crippen LogP contribution in [-0.4, -0.2) is 18.8 Å². The Balaban J connectivity index is -0.000000105. The topological polar surface area (TPSA) is 46.2 Å². The Morgan fingerprint density at radius 1 is 1.10 bits per heavy atom. The minimum absolute atomic E-state index is 0.319. The molecule has 2 heteroatoms. The van der Waals surface area contributed by atoms with Crippen LogP contribution in [0.2, 0.25) is 0 Å². The lowest BCUT2D eigenvalue weighted by atomic mass is 9.98. The lowest BCUT2D eigenvalue weighted by Crippen LogP contribution is -2.18. The predicted octanol–water partition coefficient (Wildman–Crippen LogP) is 1.63. The van der Waals surface area contributed by atoms with E-state index < -0.39 is 0 Å². The molecule has 0 aliphatic carbocycles. The van der Waals surface area contributed by atoms with Crippen molar-refractivity contribution in [3.05, 3.63) is 0 Å². The summed E-state index contributed by atoms with van der Waals surface area (Å²) in [5.74, 6) is 0. The first kappa shape index (κ1) is 16.5. The maximum absolute atomic E-state index is 7.00. The summed E-state index contributed by atoms with van der Waals surface area (Å²) < 4.78 is 0. The van der Waals surface area contributed by atoms with Crippen LogP contribution in [0, 0.1) is 5.41 Å². The molecule has 2 nitrogen and oxygen atoms in total. The van der Waals surface area contributed by atoms with E-state index >= 15 is 0 Å². The summed E-state index contributed by atoms with van der Waals surface area (Å²) in [7, 11) is 1.00. The number of nitrogens with two attached hydrogens (primary N) is 1. The Kier molecular flexibility index (Phi) is 19.3. The molecular formula is C8H23NO. The van der Waals surface area contributed by atoms with Crippen LogP contribution in [0.15, 0.2) is 0 Å². The standard InChI is InChI=1S/C5H13N.C2H6.CH4O/c1-5(2,3)4-6;2*1-2/h4,6H2,1-3H3;1-2H3;2H,1H3. The zero-order chi connectivity index (χ0) is 9.21. The van der Waals surface area contributed by atoms with Crippen LogP contribution in [0.5, 0.6) is 0 Å². The predicted molar refractivity (Wildman–Crippen MR) is 48.0 cm³/mol. The van der Waals surface area contributed by atoms with Gasteiger partial charge in [-0.1, -0.05) is 34.6 Å². The quantitative estimate of drug-likeness (QED) is 0.550. The summed E-state index contributed by atoms with van der Waals surface area (Å²) in [6.45, 7) is 11.1. The fraction of sp³-hybridized carbons (Fsp3) is 1.00. The molecular weight excluding hydrogens is 126 g/mol. The Hall–Kier alpha value is -0.0800. The number of hydrogen-bond acceptors (Lipinski definition) is 2. The fourth-order valence-corrected chi connectivity index (χ4v) is 0. The van der Waals surface area contributed by atoms with E-state index in [0.717, 1.165) is 13.7 Å². The number of aliphatic hydroxyl groups is 1. The van der Waals surface area contributed by atoms with E-state index in [1.54, 1.807) is 0 Å². The molecule has 0 aromatic rings. The highest BCUT2D eigenvalue weighted by molar-refractivity contribution is 4.59. The van der Waals surface area contributed by atoms with Crippen molar-refractivity contribution in [2.75, 3.05) is 13.7 Å². The zero-order valence-corrected chi connectivity index (χ0v) is 8.23. The third-order valence-electron chi connectivity index (χ3n) is 0.612. The summed E-state index contributed by atoms with van der Waals surface area (Å²) in [5.41, 5.74) is 5.62. The van der Waals surface area contributed by atoms with Crippen LogP contribution in [-0.2, 0) is 0 Å². The van der Waals surface area contributed by atoms with Gasteiger partial charge in [0.1, 0.15) is 0 Å². The average molecular weight is 149 g/mol. The van der Waals surface area contributed by atoms with E-state index in [1.807, 2.05) is 13.8 Å². The van der Waals surface area contributed by atoms with Crippen LogP contribution < -0.4 is 5.73 Å². The molecule has 0 rings (SSSR count). The van der Waals surface area contributed by atoms with Crippen molar-refractivity contribution >= 4 is 0 Å². The second-order valence-electron chi connectivity index (χ2n) is 2.76. The first-order valence-corrected chi connectivity index (χ1v) is 3.71. The van der Waals surface area contributed by atoms with Crippen LogP contribution in [0.4, 0.5) is 0 Å². The summed E-state index contributed by atoms with van der Waals surface area (Å²) in [6, 6.07) is 0. The maximum Gasteiger partial charge on any atom is 0.0319 e. The largest absolute Gasteiger partial charge is 0.400 e. The molecule has 0 heterocycles. The van der Waals surface area contributed by atoms with Gasteiger partial charge < -0.3 is 10.8 Å². The SMILES string of the molecule is CC.CC(C)(C)CN.CO. The van der Waals surface area contributed by atoms with E-state index in [4.69, 9.17) is 10.8 Å². The molecule has 0 aromatic carbocycles. The molecule has 0 spiro atoms. The fourth-order valence-electron chi connectivity index (χ4n) is 0. The molecule has 10 heavy (non-hydrogen) atoms. The molecule has 0 aliphatic heterocycles. The van der Waals surface area contributed by atoms with E-state index in [1.165, 1.54) is 0 Å². The van der Waals surface area contributed by atoms with Gasteiger partial charge in [-0.2, -0.15) is 0 Å². The van der Waals surface area contributed by atoms with E-state index in [-0.39, 0.29) is 0 Å². The summed E-state index contributed by atoms with van der Waals surface area (Å²) in [5, 5.41) is 7.00. The average Bonchev–Trinajstić information content (AvgIpc) is 1.95. The first-order chi connectivity index (χ1) is 4.56. The highest BCUT2D eigenvalue weighted by Crippen LogP contribution is 2.07. The van der Waals surface area contributed by atoms with Crippen molar-refractivity contribution in [1.29, 1.82) is 0 Å². The normalized spacial score (nSPS) is 8.40. The third kappa shape index (κ3) is 44.5. The van der Waals surface area contributed by atoms with Crippen molar-refractivity contribution in [1.82, 2.24) is 0 Å². The van der Waals surface area contributed by atoms with Crippen LogP contribution >= 0.6 is 0 Å². The number of aliphatic hydroxyl groups excluding tert-OH is 1. The molecule has 0 saturated heterocycles. The zero-order valence-electron chi connectivity index (χ0n) is 8.23. The van der Waals surface area contributed by atoms with Gasteiger partial charge in [0.2, 0.25) is 0 Å². The molecule has 3 N–H and O–H groups in total. The first-order valence-electron chi connectivity index (χ1n) is 3.71. The minimum Gasteiger partial charge on any atom is -0.400 e. The molecule has 0 unspecified atom stereocenters. The molecule has 0 aliphatic rings. The number of rotatable bonds is 0. The van der Waals surface area contributed by atoms with Gasteiger partial charge in [0.05, 0.1) is 0 Å². The smallest absolute Gasteiger partial charge is 0.0319 e. The maximum atomic E-state index is 7.00. The van der Waals surface area contributed by atoms with Gasteiger partial charge in [-0.05, 0) is 12.0 Å². The van der Waals surface area contributed by atoms with Gasteiger partial charge in [0.15, 0.2) is 0 Å². The second kappa shape index (κ2) is 11.7. The van der Waals surface area contributed by atoms with Crippen LogP contribution in [0.1, 0.15) is 34.6 Å². The van der Waals surface area contributed by atoms with Crippen molar-refractivity contribution in [3.8, 4) is 0 Å². The van der Waals surface area contributed by atoms with Gasteiger partial charge in [-0.3, -0.25) is 0 Å². The molecule has 0 aromatic heterocycles. The van der Waals surface area contributed by atoms with Gasteiger partial charge in [-0.15, -0.1) is 0 Å². The summed E-state index contributed by atoms with van der Waals surface area (Å²) in [6.07, 6.45) is 0. The molecule has 0 bridgehead atoms. The Morgan fingerprint density at radius 2 is 1.20 bits per heavy atom. The van der Waals surface area contributed by atoms with Gasteiger partial charge >= 0.3 is 0 Å². The molecule has 0 radical (unpaired) electrons. The van der Waals surface area contributed by atoms with E-state index in [0.29, 0.717) is 5.41 Å². The lowest BCUT2D eigenvalue weighted by molar-refractivity contribution is 0.399. The minimum atomic E-state index is 0.319. The van der Waals surface area contributed by atoms with Crippen LogP contribution in [0.3, 0.4) is 0 Å². The van der Waals surface area contributed by atoms with Crippen LogP contribution in [0.25, 0.3) is 0 Å². The Morgan fingerprint density at radius 3 is 1.20 bits per heavy atom. The van der Waals surface area contributed by atoms with Crippen molar-refractivity contribution in [2.24, 2.45) is 11.1 Å². The van der Waals surface area contributed by atoms with Crippen molar-refractivity contribution in [2.45, 2.75) is 34.6 Å². The van der Waals surface area contributed by atoms with Gasteiger partial charge in [0.25, 0.3) is 0 Å². The molecule has 66 valence electrons. The van der Waals surface area contributed by atoms with Gasteiger partial charge in [0, 0.05) is 7.11 Å². The van der Waals surface area contributed by atoms with E-state index in [9.17, 15) is 0 Å². The molecule has 0 fully saturated rings. The van der Waals surface area contributed by atoms with Crippen molar-refractivity contribution < 1.29 is 5.11 Å². The second-order valence-corrected chi connectivity index (χ2v) is 2.76. The molecule has 0 atom stereocenters. The third-order valence-corrected chi connectivity index (χ3v) is 0.612. The Bertz CT molecular complexity index is 39.0. The summed E-state index contributed by atoms with van der Waals surface area (Å²) >= 11 is 0. The lowest BCUT2D eigenvalue weighted by Gasteiger charge is -2.12.